The number of carbonyl (C=O) groups excluding carboxylic acids is 1. The van der Waals surface area contributed by atoms with Gasteiger partial charge in [-0.05, 0) is 67.9 Å². The molecule has 0 atom stereocenters. The molecule has 2 fully saturated rings. The van der Waals surface area contributed by atoms with Crippen LogP contribution in [0, 0.1) is 0 Å². The average Bonchev–Trinajstić information content (AvgIpc) is 2.79. The molecule has 30 heavy (non-hydrogen) atoms. The summed E-state index contributed by atoms with van der Waals surface area (Å²) < 4.78 is 5.74. The Morgan fingerprint density at radius 2 is 1.67 bits per heavy atom. The van der Waals surface area contributed by atoms with Gasteiger partial charge in [0.2, 0.25) is 0 Å². The third-order valence-electron chi connectivity index (χ3n) is 6.26. The van der Waals surface area contributed by atoms with Crippen molar-refractivity contribution < 1.29 is 9.53 Å². The Morgan fingerprint density at radius 1 is 0.967 bits per heavy atom. The maximum absolute atomic E-state index is 12.5. The molecule has 1 aliphatic heterocycles. The molecule has 2 aromatic carbocycles. The fourth-order valence-corrected chi connectivity index (χ4v) is 4.96. The second-order valence-corrected chi connectivity index (χ2v) is 8.83. The molecule has 1 heterocycles. The number of hydrogen-bond donors (Lipinski definition) is 1. The third kappa shape index (κ3) is 5.28. The fraction of sp³-hybridized carbons (Fsp3) is 0.480. The number of nitrogens with zero attached hydrogens (tertiary/aromatic N) is 1. The quantitative estimate of drug-likeness (QED) is 0.581. The lowest BCUT2D eigenvalue weighted by atomic mass is 9.84. The first-order chi connectivity index (χ1) is 14.7. The highest BCUT2D eigenvalue weighted by Crippen LogP contribution is 2.36. The Balaban J connectivity index is 1.34. The molecule has 1 aliphatic carbocycles. The van der Waals surface area contributed by atoms with Gasteiger partial charge < -0.3 is 15.0 Å². The van der Waals surface area contributed by atoms with Crippen LogP contribution in [0.15, 0.2) is 42.5 Å². The Kier molecular flexibility index (Phi) is 7.16. The van der Waals surface area contributed by atoms with Crippen LogP contribution in [-0.2, 0) is 4.79 Å². The predicted molar refractivity (Wildman–Crippen MR) is 124 cm³/mol. The van der Waals surface area contributed by atoms with Gasteiger partial charge in [-0.25, -0.2) is 0 Å². The standard InChI is InChI=1S/C25H31ClN2O2/c26-22-10-7-11-23(25(22)28-16-5-2-6-17-28)27-24(29)18-30-21-14-12-20(13-15-21)19-8-3-1-4-9-19/h7,10-15,19H,1-6,8-9,16-18H2,(H,27,29). The summed E-state index contributed by atoms with van der Waals surface area (Å²) in [7, 11) is 0. The summed E-state index contributed by atoms with van der Waals surface area (Å²) in [6, 6.07) is 13.9. The van der Waals surface area contributed by atoms with Crippen molar-refractivity contribution in [3.63, 3.8) is 0 Å². The number of benzene rings is 2. The van der Waals surface area contributed by atoms with Gasteiger partial charge >= 0.3 is 0 Å². The summed E-state index contributed by atoms with van der Waals surface area (Å²) in [6.45, 7) is 1.92. The van der Waals surface area contributed by atoms with E-state index in [9.17, 15) is 4.79 Å². The molecular formula is C25H31ClN2O2. The highest BCUT2D eigenvalue weighted by molar-refractivity contribution is 6.34. The molecule has 1 N–H and O–H groups in total. The summed E-state index contributed by atoms with van der Waals surface area (Å²) >= 11 is 6.47. The minimum absolute atomic E-state index is 0.0191. The predicted octanol–water partition coefficient (Wildman–Crippen LogP) is 6.40. The average molecular weight is 427 g/mol. The molecule has 0 radical (unpaired) electrons. The van der Waals surface area contributed by atoms with E-state index in [1.165, 1.54) is 44.1 Å². The van der Waals surface area contributed by atoms with Crippen molar-refractivity contribution >= 4 is 28.9 Å². The monoisotopic (exact) mass is 426 g/mol. The number of carbonyl (C=O) groups is 1. The van der Waals surface area contributed by atoms with Crippen molar-refractivity contribution in [2.24, 2.45) is 0 Å². The van der Waals surface area contributed by atoms with Crippen LogP contribution >= 0.6 is 11.6 Å². The Hall–Kier alpha value is -2.20. The number of nitrogens with one attached hydrogen (secondary N) is 1. The van der Waals surface area contributed by atoms with Crippen LogP contribution in [0.1, 0.15) is 62.8 Å². The van der Waals surface area contributed by atoms with Crippen molar-refractivity contribution in [1.82, 2.24) is 0 Å². The molecule has 1 amide bonds. The number of amides is 1. The SMILES string of the molecule is O=C(COc1ccc(C2CCCCC2)cc1)Nc1cccc(Cl)c1N1CCCCC1. The fourth-order valence-electron chi connectivity index (χ4n) is 4.66. The van der Waals surface area contributed by atoms with Crippen molar-refractivity contribution in [1.29, 1.82) is 0 Å². The second kappa shape index (κ2) is 10.2. The van der Waals surface area contributed by atoms with Crippen molar-refractivity contribution in [3.05, 3.63) is 53.1 Å². The molecule has 2 aromatic rings. The summed E-state index contributed by atoms with van der Waals surface area (Å²) in [5.74, 6) is 1.23. The number of rotatable bonds is 6. The molecule has 1 saturated heterocycles. The zero-order chi connectivity index (χ0) is 20.8. The van der Waals surface area contributed by atoms with Crippen molar-refractivity contribution in [2.45, 2.75) is 57.3 Å². The molecule has 5 heteroatoms. The van der Waals surface area contributed by atoms with Gasteiger partial charge in [0.1, 0.15) is 5.75 Å². The van der Waals surface area contributed by atoms with Crippen LogP contribution in [0.3, 0.4) is 0 Å². The van der Waals surface area contributed by atoms with Crippen LogP contribution in [0.4, 0.5) is 11.4 Å². The number of hydrogen-bond acceptors (Lipinski definition) is 3. The lowest BCUT2D eigenvalue weighted by Crippen LogP contribution is -2.31. The molecule has 4 rings (SSSR count). The molecule has 0 spiro atoms. The molecule has 4 nitrogen and oxygen atoms in total. The van der Waals surface area contributed by atoms with Gasteiger partial charge in [-0.1, -0.05) is 49.1 Å². The van der Waals surface area contributed by atoms with Gasteiger partial charge in [0, 0.05) is 13.1 Å². The van der Waals surface area contributed by atoms with Gasteiger partial charge in [-0.2, -0.15) is 0 Å². The van der Waals surface area contributed by atoms with E-state index in [4.69, 9.17) is 16.3 Å². The molecule has 1 saturated carbocycles. The third-order valence-corrected chi connectivity index (χ3v) is 6.56. The smallest absolute Gasteiger partial charge is 0.262 e. The number of anilines is 2. The summed E-state index contributed by atoms with van der Waals surface area (Å²) in [6.07, 6.45) is 10.1. The second-order valence-electron chi connectivity index (χ2n) is 8.42. The molecular weight excluding hydrogens is 396 g/mol. The highest BCUT2D eigenvalue weighted by atomic mass is 35.5. The van der Waals surface area contributed by atoms with Crippen LogP contribution in [-0.4, -0.2) is 25.6 Å². The van der Waals surface area contributed by atoms with E-state index < -0.39 is 0 Å². The molecule has 0 aromatic heterocycles. The lowest BCUT2D eigenvalue weighted by Gasteiger charge is -2.31. The van der Waals surface area contributed by atoms with Crippen LogP contribution in [0.25, 0.3) is 0 Å². The minimum Gasteiger partial charge on any atom is -0.484 e. The molecule has 0 unspecified atom stereocenters. The topological polar surface area (TPSA) is 41.6 Å². The normalized spacial score (nSPS) is 17.6. The molecule has 0 bridgehead atoms. The van der Waals surface area contributed by atoms with Gasteiger partial charge in [0.05, 0.1) is 16.4 Å². The number of halogens is 1. The van der Waals surface area contributed by atoms with E-state index in [1.54, 1.807) is 0 Å². The molecule has 2 aliphatic rings. The number of piperidine rings is 1. The maximum atomic E-state index is 12.5. The van der Waals surface area contributed by atoms with Crippen molar-refractivity contribution in [3.8, 4) is 5.75 Å². The maximum Gasteiger partial charge on any atom is 0.262 e. The van der Waals surface area contributed by atoms with Crippen LogP contribution in [0.5, 0.6) is 5.75 Å². The first-order valence-electron chi connectivity index (χ1n) is 11.3. The highest BCUT2D eigenvalue weighted by Gasteiger charge is 2.19. The zero-order valence-corrected chi connectivity index (χ0v) is 18.3. The number of para-hydroxylation sites is 1. The van der Waals surface area contributed by atoms with E-state index in [0.717, 1.165) is 43.1 Å². The first kappa shape index (κ1) is 21.0. The van der Waals surface area contributed by atoms with E-state index in [1.807, 2.05) is 30.3 Å². The van der Waals surface area contributed by atoms with E-state index in [2.05, 4.69) is 22.3 Å². The van der Waals surface area contributed by atoms with Gasteiger partial charge in [0.15, 0.2) is 6.61 Å². The summed E-state index contributed by atoms with van der Waals surface area (Å²) in [4.78, 5) is 14.8. The first-order valence-corrected chi connectivity index (χ1v) is 11.6. The van der Waals surface area contributed by atoms with E-state index in [0.29, 0.717) is 10.9 Å². The van der Waals surface area contributed by atoms with Crippen molar-refractivity contribution in [2.75, 3.05) is 29.9 Å². The van der Waals surface area contributed by atoms with Gasteiger partial charge in [-0.15, -0.1) is 0 Å². The van der Waals surface area contributed by atoms with E-state index in [-0.39, 0.29) is 12.5 Å². The Bertz CT molecular complexity index is 841. The minimum atomic E-state index is -0.174. The largest absolute Gasteiger partial charge is 0.484 e. The van der Waals surface area contributed by atoms with Gasteiger partial charge in [0.25, 0.3) is 5.91 Å². The van der Waals surface area contributed by atoms with E-state index >= 15 is 0 Å². The van der Waals surface area contributed by atoms with Crippen LogP contribution < -0.4 is 15.0 Å². The lowest BCUT2D eigenvalue weighted by molar-refractivity contribution is -0.118. The molecule has 160 valence electrons. The Labute approximate surface area is 184 Å². The summed E-state index contributed by atoms with van der Waals surface area (Å²) in [5, 5.41) is 3.67. The van der Waals surface area contributed by atoms with Gasteiger partial charge in [-0.3, -0.25) is 4.79 Å². The van der Waals surface area contributed by atoms with Crippen LogP contribution in [0.2, 0.25) is 5.02 Å². The Morgan fingerprint density at radius 3 is 2.40 bits per heavy atom. The number of ether oxygens (including phenoxy) is 1. The zero-order valence-electron chi connectivity index (χ0n) is 17.5. The summed E-state index contributed by atoms with van der Waals surface area (Å²) in [5.41, 5.74) is 3.06.